The van der Waals surface area contributed by atoms with Crippen LogP contribution in [0.25, 0.3) is 11.1 Å². The van der Waals surface area contributed by atoms with E-state index in [-0.39, 0.29) is 17.5 Å². The average molecular weight is 457 g/mol. The molecule has 0 spiro atoms. The summed E-state index contributed by atoms with van der Waals surface area (Å²) in [6.07, 6.45) is 7.10. The zero-order valence-corrected chi connectivity index (χ0v) is 18.6. The van der Waals surface area contributed by atoms with Gasteiger partial charge in [-0.1, -0.05) is 25.1 Å². The van der Waals surface area contributed by atoms with Gasteiger partial charge in [-0.25, -0.2) is 32.7 Å². The Morgan fingerprint density at radius 2 is 1.62 bits per heavy atom. The van der Waals surface area contributed by atoms with Crippen LogP contribution in [-0.2, 0) is 10.0 Å². The molecule has 32 heavy (non-hydrogen) atoms. The maximum Gasteiger partial charge on any atom is 0.225 e. The Bertz CT molecular complexity index is 1140. The fraction of sp³-hybridized carbons (Fsp3) is 0.364. The third-order valence-electron chi connectivity index (χ3n) is 5.59. The van der Waals surface area contributed by atoms with E-state index in [1.807, 2.05) is 11.8 Å². The molecule has 3 heterocycles. The fourth-order valence-corrected chi connectivity index (χ4v) is 5.56. The molecule has 0 saturated carbocycles. The Kier molecular flexibility index (Phi) is 6.71. The first kappa shape index (κ1) is 22.2. The van der Waals surface area contributed by atoms with E-state index in [9.17, 15) is 12.8 Å². The second-order valence-corrected chi connectivity index (χ2v) is 9.64. The lowest BCUT2D eigenvalue weighted by Crippen LogP contribution is -2.50. The van der Waals surface area contributed by atoms with E-state index in [4.69, 9.17) is 0 Å². The SMILES string of the molecule is CCC(CS(=O)(=O)N1CCN(c2ncc(-c3ccccc3F)cn2)CC1)c1ncccn1. The van der Waals surface area contributed by atoms with Crippen LogP contribution in [0.15, 0.2) is 55.1 Å². The second-order valence-electron chi connectivity index (χ2n) is 7.63. The first-order valence-corrected chi connectivity index (χ1v) is 12.2. The molecule has 168 valence electrons. The van der Waals surface area contributed by atoms with E-state index in [1.165, 1.54) is 10.4 Å². The minimum Gasteiger partial charge on any atom is -0.338 e. The van der Waals surface area contributed by atoms with Gasteiger partial charge in [0, 0.05) is 68.0 Å². The third kappa shape index (κ3) is 4.91. The summed E-state index contributed by atoms with van der Waals surface area (Å²) in [6, 6.07) is 8.20. The molecule has 1 unspecified atom stereocenters. The van der Waals surface area contributed by atoms with Crippen LogP contribution in [0, 0.1) is 5.82 Å². The van der Waals surface area contributed by atoms with Gasteiger partial charge in [0.15, 0.2) is 0 Å². The number of hydrogen-bond acceptors (Lipinski definition) is 7. The molecule has 0 N–H and O–H groups in total. The lowest BCUT2D eigenvalue weighted by atomic mass is 10.1. The van der Waals surface area contributed by atoms with Crippen molar-refractivity contribution in [2.75, 3.05) is 36.8 Å². The van der Waals surface area contributed by atoms with Crippen LogP contribution in [-0.4, -0.2) is 64.6 Å². The van der Waals surface area contributed by atoms with Gasteiger partial charge in [-0.3, -0.25) is 0 Å². The summed E-state index contributed by atoms with van der Waals surface area (Å²) >= 11 is 0. The molecule has 8 nitrogen and oxygen atoms in total. The summed E-state index contributed by atoms with van der Waals surface area (Å²) in [7, 11) is -3.45. The van der Waals surface area contributed by atoms with Crippen molar-refractivity contribution in [1.82, 2.24) is 24.2 Å². The third-order valence-corrected chi connectivity index (χ3v) is 7.57. The number of anilines is 1. The molecular formula is C22H25FN6O2S. The Hall–Kier alpha value is -2.98. The van der Waals surface area contributed by atoms with Crippen molar-refractivity contribution in [3.63, 3.8) is 0 Å². The molecule has 10 heteroatoms. The summed E-state index contributed by atoms with van der Waals surface area (Å²) < 4.78 is 41.5. The van der Waals surface area contributed by atoms with E-state index in [0.717, 1.165) is 0 Å². The average Bonchev–Trinajstić information content (AvgIpc) is 2.84. The molecule has 1 fully saturated rings. The van der Waals surface area contributed by atoms with Gasteiger partial charge in [0.1, 0.15) is 11.6 Å². The number of halogens is 1. The molecule has 1 atom stereocenters. The van der Waals surface area contributed by atoms with Crippen molar-refractivity contribution in [2.45, 2.75) is 19.3 Å². The highest BCUT2D eigenvalue weighted by Gasteiger charge is 2.31. The highest BCUT2D eigenvalue weighted by atomic mass is 32.2. The van der Waals surface area contributed by atoms with Gasteiger partial charge in [-0.2, -0.15) is 4.31 Å². The van der Waals surface area contributed by atoms with Crippen molar-refractivity contribution in [3.05, 3.63) is 66.8 Å². The van der Waals surface area contributed by atoms with Crippen LogP contribution < -0.4 is 4.90 Å². The Labute approximate surface area is 187 Å². The molecule has 0 bridgehead atoms. The monoisotopic (exact) mass is 456 g/mol. The zero-order chi connectivity index (χ0) is 22.6. The standard InChI is InChI=1S/C22H25FN6O2S/c1-2-17(21-24-8-5-9-25-21)16-32(30,31)29-12-10-28(11-13-29)22-26-14-18(15-27-22)19-6-3-4-7-20(19)23/h3-9,14-15,17H,2,10-13,16H2,1H3. The van der Waals surface area contributed by atoms with E-state index in [2.05, 4.69) is 19.9 Å². The minimum atomic E-state index is -3.45. The van der Waals surface area contributed by atoms with Crippen LogP contribution >= 0.6 is 0 Å². The Morgan fingerprint density at radius 1 is 0.969 bits per heavy atom. The molecule has 1 aliphatic heterocycles. The van der Waals surface area contributed by atoms with Crippen molar-refractivity contribution in [2.24, 2.45) is 0 Å². The van der Waals surface area contributed by atoms with Crippen LogP contribution in [0.4, 0.5) is 10.3 Å². The van der Waals surface area contributed by atoms with Gasteiger partial charge in [0.25, 0.3) is 0 Å². The summed E-state index contributed by atoms with van der Waals surface area (Å²) in [5.41, 5.74) is 1.05. The Morgan fingerprint density at radius 3 is 2.25 bits per heavy atom. The fourth-order valence-electron chi connectivity index (χ4n) is 3.74. The van der Waals surface area contributed by atoms with Crippen LogP contribution in [0.2, 0.25) is 0 Å². The molecule has 1 saturated heterocycles. The van der Waals surface area contributed by atoms with E-state index in [0.29, 0.717) is 55.5 Å². The van der Waals surface area contributed by atoms with Gasteiger partial charge in [-0.15, -0.1) is 0 Å². The molecule has 3 aromatic rings. The molecule has 1 aromatic carbocycles. The number of benzene rings is 1. The van der Waals surface area contributed by atoms with Crippen molar-refractivity contribution < 1.29 is 12.8 Å². The second kappa shape index (κ2) is 9.66. The molecule has 4 rings (SSSR count). The largest absolute Gasteiger partial charge is 0.338 e. The smallest absolute Gasteiger partial charge is 0.225 e. The van der Waals surface area contributed by atoms with Crippen molar-refractivity contribution in [1.29, 1.82) is 0 Å². The Balaban J connectivity index is 1.39. The maximum atomic E-state index is 14.0. The summed E-state index contributed by atoms with van der Waals surface area (Å²) in [5.74, 6) is 0.482. The van der Waals surface area contributed by atoms with Gasteiger partial charge < -0.3 is 4.90 Å². The van der Waals surface area contributed by atoms with Gasteiger partial charge in [-0.05, 0) is 18.6 Å². The van der Waals surface area contributed by atoms with Crippen LogP contribution in [0.1, 0.15) is 25.1 Å². The van der Waals surface area contributed by atoms with Crippen LogP contribution in [0.5, 0.6) is 0 Å². The van der Waals surface area contributed by atoms with Crippen molar-refractivity contribution >= 4 is 16.0 Å². The van der Waals surface area contributed by atoms with Gasteiger partial charge in [0.05, 0.1) is 5.75 Å². The number of hydrogen-bond donors (Lipinski definition) is 0. The molecule has 1 aliphatic rings. The number of sulfonamides is 1. The first-order chi connectivity index (χ1) is 15.5. The summed E-state index contributed by atoms with van der Waals surface area (Å²) in [6.45, 7) is 3.62. The molecular weight excluding hydrogens is 431 g/mol. The van der Waals surface area contributed by atoms with E-state index < -0.39 is 10.0 Å². The van der Waals surface area contributed by atoms with E-state index in [1.54, 1.807) is 49.1 Å². The number of nitrogens with zero attached hydrogens (tertiary/aromatic N) is 6. The van der Waals surface area contributed by atoms with Gasteiger partial charge in [0.2, 0.25) is 16.0 Å². The van der Waals surface area contributed by atoms with E-state index >= 15 is 0 Å². The summed E-state index contributed by atoms with van der Waals surface area (Å²) in [5, 5.41) is 0. The minimum absolute atomic E-state index is 0.0125. The number of rotatable bonds is 7. The topological polar surface area (TPSA) is 92.2 Å². The number of aromatic nitrogens is 4. The zero-order valence-electron chi connectivity index (χ0n) is 17.8. The van der Waals surface area contributed by atoms with Crippen LogP contribution in [0.3, 0.4) is 0 Å². The quantitative estimate of drug-likeness (QED) is 0.540. The molecule has 2 aromatic heterocycles. The van der Waals surface area contributed by atoms with Crippen molar-refractivity contribution in [3.8, 4) is 11.1 Å². The lowest BCUT2D eigenvalue weighted by Gasteiger charge is -2.34. The highest BCUT2D eigenvalue weighted by molar-refractivity contribution is 7.89. The first-order valence-electron chi connectivity index (χ1n) is 10.5. The normalized spacial score (nSPS) is 16.1. The summed E-state index contributed by atoms with van der Waals surface area (Å²) in [4.78, 5) is 19.1. The highest BCUT2D eigenvalue weighted by Crippen LogP contribution is 2.24. The van der Waals surface area contributed by atoms with Gasteiger partial charge >= 0.3 is 0 Å². The molecule has 0 aliphatic carbocycles. The maximum absolute atomic E-state index is 14.0. The lowest BCUT2D eigenvalue weighted by molar-refractivity contribution is 0.380. The number of piperazine rings is 1. The molecule has 0 amide bonds. The predicted octanol–water partition coefficient (Wildman–Crippen LogP) is 2.72. The predicted molar refractivity (Wildman–Crippen MR) is 120 cm³/mol. The molecule has 0 radical (unpaired) electrons.